The van der Waals surface area contributed by atoms with Crippen molar-refractivity contribution in [2.24, 2.45) is 0 Å². The van der Waals surface area contributed by atoms with E-state index >= 15 is 0 Å². The first-order chi connectivity index (χ1) is 15.1. The van der Waals surface area contributed by atoms with Gasteiger partial charge in [0.1, 0.15) is 17.4 Å². The van der Waals surface area contributed by atoms with E-state index in [9.17, 15) is 22.4 Å². The topological polar surface area (TPSA) is 76.1 Å². The van der Waals surface area contributed by atoms with Gasteiger partial charge < -0.3 is 15.4 Å². The lowest BCUT2D eigenvalue weighted by molar-refractivity contribution is -0.141. The van der Waals surface area contributed by atoms with E-state index in [0.29, 0.717) is 5.82 Å². The predicted molar refractivity (Wildman–Crippen MR) is 109 cm³/mol. The van der Waals surface area contributed by atoms with Crippen LogP contribution in [0.3, 0.4) is 0 Å². The Morgan fingerprint density at radius 2 is 1.72 bits per heavy atom. The SMILES string of the molecule is O=C(COc1ccc(Cl)c(F)c1)NC12CCC(Nc3cnc(C(F)(F)F)cn3)(CC1)CC2. The van der Waals surface area contributed by atoms with E-state index in [1.54, 1.807) is 0 Å². The van der Waals surface area contributed by atoms with Crippen LogP contribution >= 0.6 is 11.6 Å². The van der Waals surface area contributed by atoms with Crippen molar-refractivity contribution in [1.29, 1.82) is 0 Å². The van der Waals surface area contributed by atoms with Gasteiger partial charge in [0.25, 0.3) is 5.91 Å². The summed E-state index contributed by atoms with van der Waals surface area (Å²) in [5.74, 6) is -0.395. The van der Waals surface area contributed by atoms with Crippen LogP contribution in [0.5, 0.6) is 5.75 Å². The highest BCUT2D eigenvalue weighted by Gasteiger charge is 2.49. The summed E-state index contributed by atoms with van der Waals surface area (Å²) >= 11 is 5.63. The molecule has 1 amide bonds. The highest BCUT2D eigenvalue weighted by Crippen LogP contribution is 2.48. The smallest absolute Gasteiger partial charge is 0.434 e. The van der Waals surface area contributed by atoms with Crippen LogP contribution in [0.2, 0.25) is 5.02 Å². The molecule has 11 heteroatoms. The Morgan fingerprint density at radius 1 is 1.06 bits per heavy atom. The van der Waals surface area contributed by atoms with Gasteiger partial charge in [0, 0.05) is 17.1 Å². The molecule has 1 aromatic heterocycles. The number of amides is 1. The van der Waals surface area contributed by atoms with E-state index in [1.165, 1.54) is 12.1 Å². The van der Waals surface area contributed by atoms with E-state index in [2.05, 4.69) is 20.6 Å². The van der Waals surface area contributed by atoms with Crippen LogP contribution < -0.4 is 15.4 Å². The van der Waals surface area contributed by atoms with Gasteiger partial charge in [0.2, 0.25) is 0 Å². The quantitative estimate of drug-likeness (QED) is 0.594. The van der Waals surface area contributed by atoms with E-state index in [1.807, 2.05) is 0 Å². The minimum Gasteiger partial charge on any atom is -0.484 e. The third kappa shape index (κ3) is 4.90. The van der Waals surface area contributed by atoms with Crippen LogP contribution in [0.15, 0.2) is 30.6 Å². The van der Waals surface area contributed by atoms with Crippen molar-refractivity contribution in [3.63, 3.8) is 0 Å². The molecule has 3 saturated carbocycles. The van der Waals surface area contributed by atoms with Crippen molar-refractivity contribution in [2.75, 3.05) is 11.9 Å². The Labute approximate surface area is 186 Å². The van der Waals surface area contributed by atoms with Gasteiger partial charge in [-0.25, -0.2) is 14.4 Å². The molecule has 0 radical (unpaired) electrons. The molecule has 0 spiro atoms. The van der Waals surface area contributed by atoms with Crippen LogP contribution in [0, 0.1) is 5.82 Å². The number of halogens is 5. The summed E-state index contributed by atoms with van der Waals surface area (Å²) in [5, 5.41) is 6.30. The summed E-state index contributed by atoms with van der Waals surface area (Å²) in [6.07, 6.45) is 1.66. The van der Waals surface area contributed by atoms with Crippen molar-refractivity contribution < 1.29 is 27.1 Å². The zero-order chi connectivity index (χ0) is 23.0. The number of alkyl halides is 3. The maximum Gasteiger partial charge on any atom is 0.434 e. The number of carbonyl (C=O) groups is 1. The number of hydrogen-bond acceptors (Lipinski definition) is 5. The standard InChI is InChI=1S/C21H21ClF4N4O2/c22-14-2-1-13(9-15(14)23)32-12-18(31)30-20-6-3-19(4-7-20,5-8-20)29-17-11-27-16(10-28-17)21(24,25)26/h1-2,9-11H,3-8,12H2,(H,28,29)(H,30,31). The van der Waals surface area contributed by atoms with Gasteiger partial charge in [-0.1, -0.05) is 11.6 Å². The van der Waals surface area contributed by atoms with Gasteiger partial charge in [-0.3, -0.25) is 4.79 Å². The van der Waals surface area contributed by atoms with Gasteiger partial charge >= 0.3 is 6.18 Å². The number of ether oxygens (including phenoxy) is 1. The van der Waals surface area contributed by atoms with Gasteiger partial charge in [0.05, 0.1) is 17.4 Å². The molecule has 1 aromatic carbocycles. The molecule has 32 heavy (non-hydrogen) atoms. The number of hydrogen-bond donors (Lipinski definition) is 2. The molecule has 0 unspecified atom stereocenters. The fourth-order valence-electron chi connectivity index (χ4n) is 4.42. The van der Waals surface area contributed by atoms with E-state index in [0.717, 1.165) is 57.0 Å². The Balaban J connectivity index is 1.30. The second-order valence-corrected chi connectivity index (χ2v) is 8.79. The molecular formula is C21H21ClF4N4O2. The van der Waals surface area contributed by atoms with E-state index < -0.39 is 17.7 Å². The van der Waals surface area contributed by atoms with Gasteiger partial charge in [-0.05, 0) is 50.7 Å². The summed E-state index contributed by atoms with van der Waals surface area (Å²) in [6.45, 7) is -0.243. The molecule has 2 aromatic rings. The lowest BCUT2D eigenvalue weighted by Crippen LogP contribution is -2.61. The normalized spacial score (nSPS) is 24.8. The zero-order valence-corrected chi connectivity index (χ0v) is 17.7. The molecular weight excluding hydrogens is 452 g/mol. The summed E-state index contributed by atoms with van der Waals surface area (Å²) in [4.78, 5) is 19.7. The molecule has 172 valence electrons. The van der Waals surface area contributed by atoms with Gasteiger partial charge in [-0.2, -0.15) is 13.2 Å². The van der Waals surface area contributed by atoms with Gasteiger partial charge in [-0.15, -0.1) is 0 Å². The minimum absolute atomic E-state index is 0.0236. The monoisotopic (exact) mass is 472 g/mol. The van der Waals surface area contributed by atoms with Crippen LogP contribution in [-0.2, 0) is 11.0 Å². The number of benzene rings is 1. The van der Waals surface area contributed by atoms with E-state index in [4.69, 9.17) is 16.3 Å². The third-order valence-corrected chi connectivity index (χ3v) is 6.55. The Hall–Kier alpha value is -2.62. The van der Waals surface area contributed by atoms with Crippen molar-refractivity contribution in [3.8, 4) is 5.75 Å². The van der Waals surface area contributed by atoms with E-state index in [-0.39, 0.29) is 34.4 Å². The first kappa shape index (κ1) is 22.6. The maximum absolute atomic E-state index is 13.5. The average molecular weight is 473 g/mol. The second kappa shape index (κ2) is 8.38. The summed E-state index contributed by atoms with van der Waals surface area (Å²) < 4.78 is 56.9. The highest BCUT2D eigenvalue weighted by molar-refractivity contribution is 6.30. The third-order valence-electron chi connectivity index (χ3n) is 6.25. The van der Waals surface area contributed by atoms with Crippen molar-refractivity contribution >= 4 is 23.3 Å². The fourth-order valence-corrected chi connectivity index (χ4v) is 4.54. The largest absolute Gasteiger partial charge is 0.484 e. The van der Waals surface area contributed by atoms with Gasteiger partial charge in [0.15, 0.2) is 12.3 Å². The molecule has 2 N–H and O–H groups in total. The van der Waals surface area contributed by atoms with Crippen LogP contribution in [0.25, 0.3) is 0 Å². The lowest BCUT2D eigenvalue weighted by Gasteiger charge is -2.54. The number of carbonyl (C=O) groups excluding carboxylic acids is 1. The van der Waals surface area contributed by atoms with Crippen LogP contribution in [-0.4, -0.2) is 33.6 Å². The van der Waals surface area contributed by atoms with Crippen molar-refractivity contribution in [3.05, 3.63) is 47.1 Å². The highest BCUT2D eigenvalue weighted by atomic mass is 35.5. The lowest BCUT2D eigenvalue weighted by atomic mass is 9.61. The Kier molecular flexibility index (Phi) is 5.91. The van der Waals surface area contributed by atoms with Crippen LogP contribution in [0.1, 0.15) is 44.2 Å². The zero-order valence-electron chi connectivity index (χ0n) is 16.9. The number of aromatic nitrogens is 2. The molecule has 5 rings (SSSR count). The number of fused-ring (bicyclic) bond motifs is 3. The molecule has 0 aliphatic heterocycles. The summed E-state index contributed by atoms with van der Waals surface area (Å²) in [6, 6.07) is 3.97. The molecule has 6 nitrogen and oxygen atoms in total. The fraction of sp³-hybridized carbons (Fsp3) is 0.476. The number of rotatable bonds is 6. The molecule has 1 heterocycles. The second-order valence-electron chi connectivity index (χ2n) is 8.38. The first-order valence-corrected chi connectivity index (χ1v) is 10.5. The maximum atomic E-state index is 13.5. The average Bonchev–Trinajstić information content (AvgIpc) is 2.76. The first-order valence-electron chi connectivity index (χ1n) is 10.1. The number of anilines is 1. The molecule has 3 aliphatic carbocycles. The van der Waals surface area contributed by atoms with Crippen LogP contribution in [0.4, 0.5) is 23.4 Å². The minimum atomic E-state index is -4.53. The number of nitrogens with one attached hydrogen (secondary N) is 2. The van der Waals surface area contributed by atoms with Crippen molar-refractivity contribution in [1.82, 2.24) is 15.3 Å². The molecule has 2 bridgehead atoms. The molecule has 0 saturated heterocycles. The number of nitrogens with zero attached hydrogens (tertiary/aromatic N) is 2. The molecule has 0 atom stereocenters. The Morgan fingerprint density at radius 3 is 2.28 bits per heavy atom. The molecule has 3 fully saturated rings. The summed E-state index contributed by atoms with van der Waals surface area (Å²) in [5.41, 5.74) is -1.66. The predicted octanol–water partition coefficient (Wildman–Crippen LogP) is 4.74. The molecule has 3 aliphatic rings. The summed E-state index contributed by atoms with van der Waals surface area (Å²) in [7, 11) is 0. The Bertz CT molecular complexity index is 976. The van der Waals surface area contributed by atoms with Crippen molar-refractivity contribution in [2.45, 2.75) is 55.8 Å².